The van der Waals surface area contributed by atoms with Gasteiger partial charge in [0.2, 0.25) is 0 Å². The van der Waals surface area contributed by atoms with E-state index < -0.39 is 11.8 Å². The molecule has 0 atom stereocenters. The molecule has 0 amide bonds. The van der Waals surface area contributed by atoms with E-state index in [1.54, 1.807) is 24.3 Å². The van der Waals surface area contributed by atoms with Gasteiger partial charge in [-0.3, -0.25) is 0 Å². The third kappa shape index (κ3) is 2.64. The van der Waals surface area contributed by atoms with E-state index in [1.807, 2.05) is 0 Å². The van der Waals surface area contributed by atoms with E-state index in [0.29, 0.717) is 17.0 Å². The molecule has 0 radical (unpaired) electrons. The van der Waals surface area contributed by atoms with E-state index in [4.69, 9.17) is 4.74 Å². The minimum absolute atomic E-state index is 0.220. The van der Waals surface area contributed by atoms with Crippen molar-refractivity contribution in [2.45, 2.75) is 0 Å². The lowest BCUT2D eigenvalue weighted by atomic mass is 10.1. The van der Waals surface area contributed by atoms with Crippen LogP contribution >= 0.6 is 0 Å². The van der Waals surface area contributed by atoms with Crippen LogP contribution in [0.5, 0.6) is 5.75 Å². The number of hydrogen-bond donors (Lipinski definition) is 1. The standard InChI is InChI=1S/C16H12FN3O3/c1-23-13-5-3-2-4-12(13)20-15(14(16(21)22)18-19-20)10-6-8-11(17)9-7-10/h2-9H,1H3,(H,21,22). The van der Waals surface area contributed by atoms with Crippen molar-refractivity contribution < 1.29 is 19.0 Å². The number of hydrogen-bond acceptors (Lipinski definition) is 4. The number of carboxylic acid groups (broad SMARTS) is 1. The Labute approximate surface area is 130 Å². The van der Waals surface area contributed by atoms with Crippen molar-refractivity contribution in [3.63, 3.8) is 0 Å². The lowest BCUT2D eigenvalue weighted by molar-refractivity contribution is 0.0691. The van der Waals surface area contributed by atoms with Crippen molar-refractivity contribution in [2.24, 2.45) is 0 Å². The van der Waals surface area contributed by atoms with Gasteiger partial charge in [-0.1, -0.05) is 17.3 Å². The van der Waals surface area contributed by atoms with Gasteiger partial charge in [0.1, 0.15) is 22.9 Å². The van der Waals surface area contributed by atoms with E-state index in [0.717, 1.165) is 0 Å². The van der Waals surface area contributed by atoms with Crippen molar-refractivity contribution in [2.75, 3.05) is 7.11 Å². The number of aromatic nitrogens is 3. The molecule has 23 heavy (non-hydrogen) atoms. The molecule has 0 saturated heterocycles. The van der Waals surface area contributed by atoms with Crippen LogP contribution in [-0.4, -0.2) is 33.2 Å². The predicted octanol–water partition coefficient (Wildman–Crippen LogP) is 2.78. The van der Waals surface area contributed by atoms with Crippen molar-refractivity contribution in [3.8, 4) is 22.7 Å². The van der Waals surface area contributed by atoms with Crippen molar-refractivity contribution in [3.05, 3.63) is 60.0 Å². The van der Waals surface area contributed by atoms with Crippen LogP contribution in [0.25, 0.3) is 16.9 Å². The molecule has 2 aromatic carbocycles. The van der Waals surface area contributed by atoms with E-state index in [1.165, 1.54) is 36.1 Å². The average Bonchev–Trinajstić information content (AvgIpc) is 3.00. The lowest BCUT2D eigenvalue weighted by Gasteiger charge is -2.11. The summed E-state index contributed by atoms with van der Waals surface area (Å²) < 4.78 is 19.8. The van der Waals surface area contributed by atoms with Crippen LogP contribution in [-0.2, 0) is 0 Å². The number of methoxy groups -OCH3 is 1. The number of para-hydroxylation sites is 2. The van der Waals surface area contributed by atoms with Crippen molar-refractivity contribution in [1.29, 1.82) is 0 Å². The first kappa shape index (κ1) is 14.7. The molecule has 3 rings (SSSR count). The van der Waals surface area contributed by atoms with E-state index in [-0.39, 0.29) is 11.4 Å². The largest absolute Gasteiger partial charge is 0.494 e. The summed E-state index contributed by atoms with van der Waals surface area (Å²) >= 11 is 0. The second-order valence-electron chi connectivity index (χ2n) is 4.68. The summed E-state index contributed by atoms with van der Waals surface area (Å²) in [6, 6.07) is 12.5. The molecule has 0 fully saturated rings. The Kier molecular flexibility index (Phi) is 3.76. The number of rotatable bonds is 4. The molecule has 116 valence electrons. The summed E-state index contributed by atoms with van der Waals surface area (Å²) in [5.74, 6) is -1.12. The molecule has 1 aromatic heterocycles. The molecule has 0 spiro atoms. The molecule has 7 heteroatoms. The Morgan fingerprint density at radius 1 is 1.17 bits per heavy atom. The summed E-state index contributed by atoms with van der Waals surface area (Å²) in [6.45, 7) is 0. The monoisotopic (exact) mass is 313 g/mol. The van der Waals surface area contributed by atoms with Crippen LogP contribution in [0.1, 0.15) is 10.5 Å². The lowest BCUT2D eigenvalue weighted by Crippen LogP contribution is -2.04. The Hall–Kier alpha value is -3.22. The first-order valence-electron chi connectivity index (χ1n) is 6.70. The number of aromatic carboxylic acids is 1. The number of halogens is 1. The van der Waals surface area contributed by atoms with Gasteiger partial charge in [0.25, 0.3) is 0 Å². The van der Waals surface area contributed by atoms with Gasteiger partial charge in [-0.25, -0.2) is 13.9 Å². The summed E-state index contributed by atoms with van der Waals surface area (Å²) in [6.07, 6.45) is 0. The van der Waals surface area contributed by atoms with Crippen molar-refractivity contribution in [1.82, 2.24) is 15.0 Å². The van der Waals surface area contributed by atoms with Gasteiger partial charge < -0.3 is 9.84 Å². The zero-order chi connectivity index (χ0) is 16.4. The Balaban J connectivity index is 2.26. The highest BCUT2D eigenvalue weighted by molar-refractivity contribution is 5.93. The maximum absolute atomic E-state index is 13.2. The highest BCUT2D eigenvalue weighted by atomic mass is 19.1. The Bertz CT molecular complexity index is 859. The maximum Gasteiger partial charge on any atom is 0.358 e. The molecule has 0 unspecified atom stereocenters. The molecule has 0 aliphatic rings. The van der Waals surface area contributed by atoms with Crippen LogP contribution in [0.4, 0.5) is 4.39 Å². The predicted molar refractivity (Wildman–Crippen MR) is 80.3 cm³/mol. The molecular weight excluding hydrogens is 301 g/mol. The zero-order valence-electron chi connectivity index (χ0n) is 12.1. The number of carbonyl (C=O) groups is 1. The maximum atomic E-state index is 13.2. The Morgan fingerprint density at radius 3 is 2.52 bits per heavy atom. The molecule has 0 aliphatic heterocycles. The third-order valence-corrected chi connectivity index (χ3v) is 3.30. The fourth-order valence-corrected chi connectivity index (χ4v) is 2.27. The van der Waals surface area contributed by atoms with Crippen molar-refractivity contribution >= 4 is 5.97 Å². The normalized spacial score (nSPS) is 10.5. The summed E-state index contributed by atoms with van der Waals surface area (Å²) in [5.41, 5.74) is 1.05. The zero-order valence-corrected chi connectivity index (χ0v) is 12.1. The van der Waals surface area contributed by atoms with Gasteiger partial charge in [0.15, 0.2) is 5.69 Å². The summed E-state index contributed by atoms with van der Waals surface area (Å²) in [4.78, 5) is 11.4. The van der Waals surface area contributed by atoms with Crippen LogP contribution in [0.15, 0.2) is 48.5 Å². The minimum Gasteiger partial charge on any atom is -0.494 e. The molecule has 6 nitrogen and oxygen atoms in total. The van der Waals surface area contributed by atoms with Crippen LogP contribution in [0.3, 0.4) is 0 Å². The molecule has 0 bridgehead atoms. The van der Waals surface area contributed by atoms with Gasteiger partial charge in [-0.15, -0.1) is 5.10 Å². The molecule has 1 heterocycles. The molecule has 0 aliphatic carbocycles. The third-order valence-electron chi connectivity index (χ3n) is 3.30. The van der Waals surface area contributed by atoms with Crippen LogP contribution < -0.4 is 4.74 Å². The van der Waals surface area contributed by atoms with E-state index >= 15 is 0 Å². The van der Waals surface area contributed by atoms with Gasteiger partial charge in [-0.2, -0.15) is 0 Å². The SMILES string of the molecule is COc1ccccc1-n1nnc(C(=O)O)c1-c1ccc(F)cc1. The smallest absolute Gasteiger partial charge is 0.358 e. The van der Waals surface area contributed by atoms with Gasteiger partial charge >= 0.3 is 5.97 Å². The first-order valence-corrected chi connectivity index (χ1v) is 6.70. The fraction of sp³-hybridized carbons (Fsp3) is 0.0625. The first-order chi connectivity index (χ1) is 11.1. The summed E-state index contributed by atoms with van der Waals surface area (Å²) in [5, 5.41) is 17.0. The topological polar surface area (TPSA) is 77.2 Å². The van der Waals surface area contributed by atoms with Crippen LogP contribution in [0, 0.1) is 5.82 Å². The molecule has 3 aromatic rings. The minimum atomic E-state index is -1.22. The average molecular weight is 313 g/mol. The quantitative estimate of drug-likeness (QED) is 0.801. The second kappa shape index (κ2) is 5.88. The van der Waals surface area contributed by atoms with Gasteiger partial charge in [0, 0.05) is 5.56 Å². The Morgan fingerprint density at radius 2 is 1.87 bits per heavy atom. The highest BCUT2D eigenvalue weighted by Gasteiger charge is 2.22. The highest BCUT2D eigenvalue weighted by Crippen LogP contribution is 2.29. The van der Waals surface area contributed by atoms with E-state index in [2.05, 4.69) is 10.3 Å². The number of ether oxygens (including phenoxy) is 1. The van der Waals surface area contributed by atoms with Gasteiger partial charge in [0.05, 0.1) is 7.11 Å². The van der Waals surface area contributed by atoms with Crippen LogP contribution in [0.2, 0.25) is 0 Å². The summed E-state index contributed by atoms with van der Waals surface area (Å²) in [7, 11) is 1.51. The molecule has 1 N–H and O–H groups in total. The number of nitrogens with zero attached hydrogens (tertiary/aromatic N) is 3. The fourth-order valence-electron chi connectivity index (χ4n) is 2.27. The molecule has 0 saturated carbocycles. The second-order valence-corrected chi connectivity index (χ2v) is 4.68. The van der Waals surface area contributed by atoms with E-state index in [9.17, 15) is 14.3 Å². The number of carboxylic acids is 1. The number of benzene rings is 2. The molecular formula is C16H12FN3O3. The van der Waals surface area contributed by atoms with Gasteiger partial charge in [-0.05, 0) is 36.4 Å².